The average Bonchev–Trinajstić information content (AvgIpc) is 3.42. The molecule has 0 saturated heterocycles. The Labute approximate surface area is 158 Å². The second kappa shape index (κ2) is 7.31. The van der Waals surface area contributed by atoms with Crippen molar-refractivity contribution in [2.45, 2.75) is 32.4 Å². The van der Waals surface area contributed by atoms with Gasteiger partial charge >= 0.3 is 0 Å². The molecular formula is C21H23N3O3. The molecule has 1 aliphatic rings. The molecule has 6 heteroatoms. The van der Waals surface area contributed by atoms with Crippen LogP contribution in [-0.2, 0) is 33.0 Å². The minimum absolute atomic E-state index is 0.0496. The molecule has 0 atom stereocenters. The zero-order valence-electron chi connectivity index (χ0n) is 15.6. The number of methoxy groups -OCH3 is 1. The normalized spacial score (nSPS) is 12.8. The van der Waals surface area contributed by atoms with E-state index in [9.17, 15) is 4.79 Å². The lowest BCUT2D eigenvalue weighted by atomic mass is 10.1. The van der Waals surface area contributed by atoms with Gasteiger partial charge in [-0.3, -0.25) is 9.48 Å². The summed E-state index contributed by atoms with van der Waals surface area (Å²) in [7, 11) is 3.59. The maximum Gasteiger partial charge on any atom is 0.254 e. The summed E-state index contributed by atoms with van der Waals surface area (Å²) in [5, 5.41) is 4.68. The van der Waals surface area contributed by atoms with Crippen LogP contribution in [0.4, 0.5) is 0 Å². The predicted octanol–water partition coefficient (Wildman–Crippen LogP) is 3.35. The van der Waals surface area contributed by atoms with E-state index in [1.54, 1.807) is 42.5 Å². The topological polar surface area (TPSA) is 60.5 Å². The van der Waals surface area contributed by atoms with E-state index in [-0.39, 0.29) is 5.91 Å². The lowest BCUT2D eigenvalue weighted by Gasteiger charge is -2.21. The fourth-order valence-electron chi connectivity index (χ4n) is 3.71. The van der Waals surface area contributed by atoms with Crippen molar-refractivity contribution in [1.82, 2.24) is 14.7 Å². The SMILES string of the molecule is COc1ccc(C(=O)N(Cc2ccco2)Cc2nn(C)c3c2CCC3)cc1. The Morgan fingerprint density at radius 3 is 2.74 bits per heavy atom. The van der Waals surface area contributed by atoms with E-state index in [4.69, 9.17) is 9.15 Å². The first kappa shape index (κ1) is 17.4. The second-order valence-electron chi connectivity index (χ2n) is 6.82. The molecule has 0 bridgehead atoms. The molecule has 1 amide bonds. The number of ether oxygens (including phenoxy) is 1. The van der Waals surface area contributed by atoms with Gasteiger partial charge in [0, 0.05) is 18.3 Å². The molecular weight excluding hydrogens is 342 g/mol. The van der Waals surface area contributed by atoms with Crippen molar-refractivity contribution in [3.63, 3.8) is 0 Å². The van der Waals surface area contributed by atoms with Crippen LogP contribution in [0.3, 0.4) is 0 Å². The van der Waals surface area contributed by atoms with Crippen LogP contribution in [0.15, 0.2) is 47.1 Å². The van der Waals surface area contributed by atoms with E-state index in [2.05, 4.69) is 5.10 Å². The minimum atomic E-state index is -0.0496. The molecule has 4 rings (SSSR count). The zero-order valence-corrected chi connectivity index (χ0v) is 15.6. The number of carbonyl (C=O) groups is 1. The Bertz CT molecular complexity index is 926. The first-order valence-corrected chi connectivity index (χ1v) is 9.15. The summed E-state index contributed by atoms with van der Waals surface area (Å²) in [6.45, 7) is 0.873. The highest BCUT2D eigenvalue weighted by Gasteiger charge is 2.25. The van der Waals surface area contributed by atoms with Gasteiger partial charge in [0.1, 0.15) is 11.5 Å². The third kappa shape index (κ3) is 3.47. The fraction of sp³-hybridized carbons (Fsp3) is 0.333. The summed E-state index contributed by atoms with van der Waals surface area (Å²) in [6, 6.07) is 10.9. The van der Waals surface area contributed by atoms with Crippen LogP contribution in [-0.4, -0.2) is 27.7 Å². The van der Waals surface area contributed by atoms with Gasteiger partial charge in [0.15, 0.2) is 0 Å². The monoisotopic (exact) mass is 365 g/mol. The zero-order chi connectivity index (χ0) is 18.8. The van der Waals surface area contributed by atoms with E-state index in [1.165, 1.54) is 11.3 Å². The van der Waals surface area contributed by atoms with Crippen LogP contribution in [0.1, 0.15) is 39.5 Å². The van der Waals surface area contributed by atoms with Gasteiger partial charge < -0.3 is 14.1 Å². The number of amides is 1. The first-order valence-electron chi connectivity index (χ1n) is 9.15. The summed E-state index contributed by atoms with van der Waals surface area (Å²) >= 11 is 0. The molecule has 2 aromatic heterocycles. The number of fused-ring (bicyclic) bond motifs is 1. The highest BCUT2D eigenvalue weighted by Crippen LogP contribution is 2.26. The van der Waals surface area contributed by atoms with E-state index in [0.29, 0.717) is 18.7 Å². The van der Waals surface area contributed by atoms with Crippen molar-refractivity contribution in [2.24, 2.45) is 7.05 Å². The quantitative estimate of drug-likeness (QED) is 0.672. The number of aryl methyl sites for hydroxylation is 1. The molecule has 0 fully saturated rings. The van der Waals surface area contributed by atoms with Crippen LogP contribution in [0.5, 0.6) is 5.75 Å². The lowest BCUT2D eigenvalue weighted by Crippen LogP contribution is -2.30. The molecule has 0 aliphatic heterocycles. The van der Waals surface area contributed by atoms with E-state index < -0.39 is 0 Å². The summed E-state index contributed by atoms with van der Waals surface area (Å²) in [5.41, 5.74) is 4.19. The Balaban J connectivity index is 1.62. The largest absolute Gasteiger partial charge is 0.497 e. The number of rotatable bonds is 6. The molecule has 0 N–H and O–H groups in total. The van der Waals surface area contributed by atoms with Crippen LogP contribution >= 0.6 is 0 Å². The van der Waals surface area contributed by atoms with Crippen LogP contribution < -0.4 is 4.74 Å². The van der Waals surface area contributed by atoms with Crippen molar-refractivity contribution in [3.05, 3.63) is 70.9 Å². The molecule has 0 radical (unpaired) electrons. The van der Waals surface area contributed by atoms with Gasteiger partial charge in [-0.05, 0) is 61.2 Å². The first-order chi connectivity index (χ1) is 13.2. The molecule has 2 heterocycles. The molecule has 6 nitrogen and oxygen atoms in total. The van der Waals surface area contributed by atoms with Gasteiger partial charge in [0.25, 0.3) is 5.91 Å². The number of hydrogen-bond donors (Lipinski definition) is 0. The predicted molar refractivity (Wildman–Crippen MR) is 101 cm³/mol. The Kier molecular flexibility index (Phi) is 4.71. The summed E-state index contributed by atoms with van der Waals surface area (Å²) in [4.78, 5) is 15.0. The highest BCUT2D eigenvalue weighted by molar-refractivity contribution is 5.94. The number of furan rings is 1. The smallest absolute Gasteiger partial charge is 0.254 e. The summed E-state index contributed by atoms with van der Waals surface area (Å²) < 4.78 is 12.6. The van der Waals surface area contributed by atoms with Crippen molar-refractivity contribution in [3.8, 4) is 5.75 Å². The van der Waals surface area contributed by atoms with Gasteiger partial charge in [0.05, 0.1) is 32.2 Å². The number of hydrogen-bond acceptors (Lipinski definition) is 4. The van der Waals surface area contributed by atoms with Gasteiger partial charge in [-0.2, -0.15) is 5.10 Å². The van der Waals surface area contributed by atoms with Crippen molar-refractivity contribution in [1.29, 1.82) is 0 Å². The van der Waals surface area contributed by atoms with Gasteiger partial charge in [-0.15, -0.1) is 0 Å². The van der Waals surface area contributed by atoms with Gasteiger partial charge in [-0.1, -0.05) is 0 Å². The average molecular weight is 365 g/mol. The summed E-state index contributed by atoms with van der Waals surface area (Å²) in [5.74, 6) is 1.43. The number of nitrogens with zero attached hydrogens (tertiary/aromatic N) is 3. The maximum atomic E-state index is 13.2. The van der Waals surface area contributed by atoms with Crippen molar-refractivity contribution < 1.29 is 13.9 Å². The van der Waals surface area contributed by atoms with E-state index >= 15 is 0 Å². The fourth-order valence-corrected chi connectivity index (χ4v) is 3.71. The molecule has 1 aliphatic carbocycles. The molecule has 0 spiro atoms. The minimum Gasteiger partial charge on any atom is -0.497 e. The van der Waals surface area contributed by atoms with E-state index in [0.717, 1.165) is 36.5 Å². The number of carbonyl (C=O) groups excluding carboxylic acids is 1. The maximum absolute atomic E-state index is 13.2. The van der Waals surface area contributed by atoms with Crippen LogP contribution in [0.2, 0.25) is 0 Å². The number of benzene rings is 1. The third-order valence-corrected chi connectivity index (χ3v) is 5.09. The van der Waals surface area contributed by atoms with Gasteiger partial charge in [0.2, 0.25) is 0 Å². The van der Waals surface area contributed by atoms with Crippen LogP contribution in [0, 0.1) is 0 Å². The molecule has 27 heavy (non-hydrogen) atoms. The standard InChI is InChI=1S/C21H23N3O3/c1-23-20-7-3-6-18(20)19(22-23)14-24(13-17-5-4-12-27-17)21(25)15-8-10-16(26-2)11-9-15/h4-5,8-12H,3,6-7,13-14H2,1-2H3. The molecule has 1 aromatic carbocycles. The Morgan fingerprint density at radius 1 is 1.22 bits per heavy atom. The second-order valence-corrected chi connectivity index (χ2v) is 6.82. The van der Waals surface area contributed by atoms with E-state index in [1.807, 2.05) is 23.9 Å². The lowest BCUT2D eigenvalue weighted by molar-refractivity contribution is 0.0714. The third-order valence-electron chi connectivity index (χ3n) is 5.09. The highest BCUT2D eigenvalue weighted by atomic mass is 16.5. The molecule has 0 unspecified atom stereocenters. The van der Waals surface area contributed by atoms with Crippen LogP contribution in [0.25, 0.3) is 0 Å². The molecule has 3 aromatic rings. The van der Waals surface area contributed by atoms with Crippen molar-refractivity contribution >= 4 is 5.91 Å². The molecule has 0 saturated carbocycles. The molecule has 140 valence electrons. The summed E-state index contributed by atoms with van der Waals surface area (Å²) in [6.07, 6.45) is 4.87. The van der Waals surface area contributed by atoms with Gasteiger partial charge in [-0.25, -0.2) is 0 Å². The Hall–Kier alpha value is -3.02. The number of aromatic nitrogens is 2. The Morgan fingerprint density at radius 2 is 2.04 bits per heavy atom. The van der Waals surface area contributed by atoms with Crippen molar-refractivity contribution in [2.75, 3.05) is 7.11 Å².